The van der Waals surface area contributed by atoms with E-state index in [4.69, 9.17) is 17.0 Å². The normalized spacial score (nSPS) is 9.57. The molecule has 0 aliphatic carbocycles. The van der Waals surface area contributed by atoms with E-state index in [-0.39, 0.29) is 0 Å². The van der Waals surface area contributed by atoms with E-state index < -0.39 is 0 Å². The lowest BCUT2D eigenvalue weighted by atomic mass is 10.1. The molecule has 0 bridgehead atoms. The predicted molar refractivity (Wildman–Crippen MR) is 63.7 cm³/mol. The SMILES string of the molecule is CCCc1ccc(NC(=S)OC)cc1. The van der Waals surface area contributed by atoms with Crippen molar-refractivity contribution in [2.24, 2.45) is 0 Å². The van der Waals surface area contributed by atoms with E-state index in [1.165, 1.54) is 12.0 Å². The van der Waals surface area contributed by atoms with Gasteiger partial charge >= 0.3 is 0 Å². The molecule has 0 spiro atoms. The maximum Gasteiger partial charge on any atom is 0.260 e. The van der Waals surface area contributed by atoms with E-state index in [1.807, 2.05) is 12.1 Å². The van der Waals surface area contributed by atoms with E-state index in [0.29, 0.717) is 5.17 Å². The van der Waals surface area contributed by atoms with Crippen LogP contribution in [0, 0.1) is 0 Å². The first kappa shape index (κ1) is 11.0. The molecule has 76 valence electrons. The number of rotatable bonds is 3. The lowest BCUT2D eigenvalue weighted by Gasteiger charge is -2.06. The summed E-state index contributed by atoms with van der Waals surface area (Å²) in [5, 5.41) is 3.37. The van der Waals surface area contributed by atoms with Crippen molar-refractivity contribution < 1.29 is 4.74 Å². The molecular weight excluding hydrogens is 194 g/mol. The number of nitrogens with one attached hydrogen (secondary N) is 1. The van der Waals surface area contributed by atoms with Crippen molar-refractivity contribution in [1.29, 1.82) is 0 Å². The van der Waals surface area contributed by atoms with Crippen molar-refractivity contribution >= 4 is 23.1 Å². The summed E-state index contributed by atoms with van der Waals surface area (Å²) in [5.41, 5.74) is 2.32. The molecule has 0 aromatic heterocycles. The third kappa shape index (κ3) is 3.34. The Balaban J connectivity index is 2.59. The van der Waals surface area contributed by atoms with Crippen LogP contribution in [0.15, 0.2) is 24.3 Å². The predicted octanol–water partition coefficient (Wildman–Crippen LogP) is 2.98. The summed E-state index contributed by atoms with van der Waals surface area (Å²) in [6, 6.07) is 8.22. The van der Waals surface area contributed by atoms with Gasteiger partial charge in [0.05, 0.1) is 7.11 Å². The molecule has 0 fully saturated rings. The number of anilines is 1. The Bertz CT molecular complexity index is 295. The fraction of sp³-hybridized carbons (Fsp3) is 0.364. The van der Waals surface area contributed by atoms with Gasteiger partial charge in [-0.2, -0.15) is 0 Å². The van der Waals surface area contributed by atoms with Gasteiger partial charge < -0.3 is 10.1 Å². The van der Waals surface area contributed by atoms with Gasteiger partial charge in [0.1, 0.15) is 0 Å². The second kappa shape index (κ2) is 5.60. The molecular formula is C11H15NOS. The lowest BCUT2D eigenvalue weighted by molar-refractivity contribution is 0.413. The lowest BCUT2D eigenvalue weighted by Crippen LogP contribution is -2.10. The fourth-order valence-electron chi connectivity index (χ4n) is 1.21. The van der Waals surface area contributed by atoms with Crippen LogP contribution in [0.5, 0.6) is 0 Å². The van der Waals surface area contributed by atoms with Gasteiger partial charge in [-0.3, -0.25) is 0 Å². The van der Waals surface area contributed by atoms with Crippen LogP contribution in [-0.2, 0) is 11.2 Å². The minimum Gasteiger partial charge on any atom is -0.474 e. The third-order valence-corrected chi connectivity index (χ3v) is 2.19. The topological polar surface area (TPSA) is 21.3 Å². The first-order chi connectivity index (χ1) is 6.76. The summed E-state index contributed by atoms with van der Waals surface area (Å²) in [5.74, 6) is 0. The highest BCUT2D eigenvalue weighted by Crippen LogP contribution is 2.11. The highest BCUT2D eigenvalue weighted by Gasteiger charge is 1.96. The molecule has 14 heavy (non-hydrogen) atoms. The van der Waals surface area contributed by atoms with E-state index in [2.05, 4.69) is 24.4 Å². The van der Waals surface area contributed by atoms with E-state index in [0.717, 1.165) is 12.1 Å². The molecule has 0 aliphatic rings. The second-order valence-corrected chi connectivity index (χ2v) is 3.43. The Kier molecular flexibility index (Phi) is 4.40. The van der Waals surface area contributed by atoms with E-state index in [1.54, 1.807) is 7.11 Å². The van der Waals surface area contributed by atoms with Crippen molar-refractivity contribution in [2.75, 3.05) is 12.4 Å². The zero-order valence-electron chi connectivity index (χ0n) is 8.54. The van der Waals surface area contributed by atoms with Gasteiger partial charge in [0.2, 0.25) is 0 Å². The quantitative estimate of drug-likeness (QED) is 0.773. The number of hydrogen-bond acceptors (Lipinski definition) is 2. The van der Waals surface area contributed by atoms with Crippen LogP contribution < -0.4 is 5.32 Å². The molecule has 1 N–H and O–H groups in total. The number of hydrogen-bond donors (Lipinski definition) is 1. The number of ether oxygens (including phenoxy) is 1. The van der Waals surface area contributed by atoms with Gasteiger partial charge in [0.15, 0.2) is 0 Å². The van der Waals surface area contributed by atoms with Crippen molar-refractivity contribution in [3.63, 3.8) is 0 Å². The van der Waals surface area contributed by atoms with Crippen molar-refractivity contribution in [2.45, 2.75) is 19.8 Å². The average Bonchev–Trinajstić information content (AvgIpc) is 2.21. The molecule has 1 aromatic carbocycles. The molecule has 0 saturated carbocycles. The Labute approximate surface area is 90.3 Å². The minimum absolute atomic E-state index is 0.397. The van der Waals surface area contributed by atoms with Gasteiger partial charge in [-0.1, -0.05) is 25.5 Å². The van der Waals surface area contributed by atoms with Crippen LogP contribution in [0.2, 0.25) is 0 Å². The first-order valence-electron chi connectivity index (χ1n) is 4.70. The smallest absolute Gasteiger partial charge is 0.260 e. The number of methoxy groups -OCH3 is 1. The molecule has 0 unspecified atom stereocenters. The molecule has 1 rings (SSSR count). The molecule has 0 atom stereocenters. The molecule has 3 heteroatoms. The fourth-order valence-corrected chi connectivity index (χ4v) is 1.33. The summed E-state index contributed by atoms with van der Waals surface area (Å²) in [6.07, 6.45) is 2.29. The highest BCUT2D eigenvalue weighted by atomic mass is 32.1. The van der Waals surface area contributed by atoms with Gasteiger partial charge in [-0.05, 0) is 36.3 Å². The Morgan fingerprint density at radius 3 is 2.50 bits per heavy atom. The summed E-state index contributed by atoms with van der Waals surface area (Å²) in [4.78, 5) is 0. The maximum absolute atomic E-state index is 4.89. The summed E-state index contributed by atoms with van der Waals surface area (Å²) in [6.45, 7) is 2.17. The first-order valence-corrected chi connectivity index (χ1v) is 5.11. The zero-order chi connectivity index (χ0) is 10.4. The van der Waals surface area contributed by atoms with Crippen molar-refractivity contribution in [3.05, 3.63) is 29.8 Å². The monoisotopic (exact) mass is 209 g/mol. The Hall–Kier alpha value is -1.09. The highest BCUT2D eigenvalue weighted by molar-refractivity contribution is 7.80. The van der Waals surface area contributed by atoms with Gasteiger partial charge in [-0.15, -0.1) is 0 Å². The zero-order valence-corrected chi connectivity index (χ0v) is 9.36. The van der Waals surface area contributed by atoms with Crippen LogP contribution >= 0.6 is 12.2 Å². The Morgan fingerprint density at radius 2 is 2.00 bits per heavy atom. The summed E-state index contributed by atoms with van der Waals surface area (Å²) >= 11 is 4.89. The molecule has 1 aromatic rings. The molecule has 0 radical (unpaired) electrons. The van der Waals surface area contributed by atoms with Crippen LogP contribution in [0.4, 0.5) is 5.69 Å². The van der Waals surface area contributed by atoms with Gasteiger partial charge in [0, 0.05) is 5.69 Å². The number of benzene rings is 1. The van der Waals surface area contributed by atoms with Crippen LogP contribution in [0.25, 0.3) is 0 Å². The molecule has 0 amide bonds. The number of aryl methyl sites for hydroxylation is 1. The second-order valence-electron chi connectivity index (χ2n) is 3.06. The maximum atomic E-state index is 4.89. The standard InChI is InChI=1S/C11H15NOS/c1-3-4-9-5-7-10(8-6-9)12-11(14)13-2/h5-8H,3-4H2,1-2H3,(H,12,14). The van der Waals surface area contributed by atoms with E-state index in [9.17, 15) is 0 Å². The largest absolute Gasteiger partial charge is 0.474 e. The summed E-state index contributed by atoms with van der Waals surface area (Å²) < 4.78 is 4.85. The van der Waals surface area contributed by atoms with E-state index >= 15 is 0 Å². The Morgan fingerprint density at radius 1 is 1.36 bits per heavy atom. The van der Waals surface area contributed by atoms with Crippen molar-refractivity contribution in [3.8, 4) is 0 Å². The summed E-state index contributed by atoms with van der Waals surface area (Å²) in [7, 11) is 1.56. The van der Waals surface area contributed by atoms with Crippen LogP contribution in [0.1, 0.15) is 18.9 Å². The van der Waals surface area contributed by atoms with Gasteiger partial charge in [0.25, 0.3) is 5.17 Å². The minimum atomic E-state index is 0.397. The number of thiocarbonyl (C=S) groups is 1. The van der Waals surface area contributed by atoms with Crippen LogP contribution in [-0.4, -0.2) is 12.3 Å². The van der Waals surface area contributed by atoms with Gasteiger partial charge in [-0.25, -0.2) is 0 Å². The van der Waals surface area contributed by atoms with Crippen molar-refractivity contribution in [1.82, 2.24) is 0 Å². The molecule has 2 nitrogen and oxygen atoms in total. The molecule has 0 aliphatic heterocycles. The van der Waals surface area contributed by atoms with Crippen LogP contribution in [0.3, 0.4) is 0 Å². The average molecular weight is 209 g/mol. The molecule has 0 saturated heterocycles. The third-order valence-electron chi connectivity index (χ3n) is 1.92. The molecule has 0 heterocycles.